The average Bonchev–Trinajstić information content (AvgIpc) is 1.58. The second-order valence-corrected chi connectivity index (χ2v) is 33.8. The van der Waals surface area contributed by atoms with Gasteiger partial charge in [-0.3, -0.25) is 34.8 Å². The number of hydrogen-bond acceptors (Lipinski definition) is 26. The van der Waals surface area contributed by atoms with Gasteiger partial charge in [0.1, 0.15) is 40.0 Å². The summed E-state index contributed by atoms with van der Waals surface area (Å²) in [5.41, 5.74) is 41.0. The fourth-order valence-electron chi connectivity index (χ4n) is 16.5. The molecule has 10 heterocycles. The van der Waals surface area contributed by atoms with E-state index in [2.05, 4.69) is 70.9 Å². The summed E-state index contributed by atoms with van der Waals surface area (Å²) in [6.07, 6.45) is 23.3. The number of amides is 4. The standard InChI is InChI=1S/C31H46N8O3.C24H29FN2O2.C23H20N4O2.C20H32N8O4/c1-31(2,3)37-30(40)36-29-26(22-17-24(41-4)20-25(18-22)42-5)19-23-21-33-27(34-28(23)35-29)9-6-7-11-38-13-15-39(16-14-38)12-8-10-32;1-15-21(14-20-19-13-18(25)10-9-17(19)12-23(20)29)27-16(2)24(15)22(28)8-6-4-3-5-7-11-26;24-10-5-11-27-13-17(15-7-2-4-9-19(15)27)21-20(22(28)26-23(21)29)16-12-25-18-8-3-1-6-14(16)18;1-2-28-18-15(25-20(28)17-19(22)27-32-26-17)13-24-14-16(18)31-8-4-3-6-23-7-10-30-12-11-29-9-5-21/h17-21H,6-16,32H2,1-5H3,(H2,33,34,35,36,37,40);9-10,13-14,27H,3-8,11-12,26H2,1-2H3;1-4,6-9,12-13,25H,5,10-11,24H2,(H,26,28,29);13-14,23H,2-12,21H2,1H3,(H2,22,27)/b;20-14-;;. The number of fused-ring (bicyclic) bond motifs is 5. The molecule has 0 atom stereocenters. The highest BCUT2D eigenvalue weighted by atomic mass is 19.1. The number of urea groups is 1. The number of Topliss-reactive ketones (excluding diaryl/α,β-unsaturated/α-hetero) is 2. The summed E-state index contributed by atoms with van der Waals surface area (Å²) in [5.74, 6) is 2.89. The van der Waals surface area contributed by atoms with Crippen molar-refractivity contribution in [1.29, 1.82) is 0 Å². The lowest BCUT2D eigenvalue weighted by Gasteiger charge is -2.34. The number of allylic oxidation sites excluding steroid dienone is 1. The third-order valence-corrected chi connectivity index (χ3v) is 23.1. The van der Waals surface area contributed by atoms with Crippen molar-refractivity contribution in [2.45, 2.75) is 150 Å². The maximum Gasteiger partial charge on any atom is 0.320 e. The first kappa shape index (κ1) is 98.5. The Morgan fingerprint density at radius 1 is 0.674 bits per heavy atom. The van der Waals surface area contributed by atoms with E-state index in [1.54, 1.807) is 51.0 Å². The van der Waals surface area contributed by atoms with Crippen LogP contribution in [0.1, 0.15) is 160 Å². The topological polar surface area (TPSA) is 461 Å². The van der Waals surface area contributed by atoms with Gasteiger partial charge in [-0.1, -0.05) is 61.7 Å². The second kappa shape index (κ2) is 48.6. The number of aryl methyl sites for hydroxylation is 4. The van der Waals surface area contributed by atoms with E-state index in [0.29, 0.717) is 138 Å². The molecule has 4 amide bonds. The van der Waals surface area contributed by atoms with E-state index in [4.69, 9.17) is 66.9 Å². The Bertz CT molecular complexity index is 5950. The summed E-state index contributed by atoms with van der Waals surface area (Å²) in [4.78, 5) is 98.3. The Morgan fingerprint density at radius 3 is 2.08 bits per heavy atom. The third-order valence-electron chi connectivity index (χ3n) is 23.1. The van der Waals surface area contributed by atoms with Crippen molar-refractivity contribution in [1.82, 2.24) is 80.1 Å². The zero-order valence-corrected chi connectivity index (χ0v) is 77.1. The number of nitrogens with zero attached hydrogens (tertiary/aromatic N) is 11. The highest BCUT2D eigenvalue weighted by Crippen LogP contribution is 2.41. The number of pyridine rings is 2. The van der Waals surface area contributed by atoms with Gasteiger partial charge in [-0.25, -0.2) is 33.7 Å². The van der Waals surface area contributed by atoms with Crippen LogP contribution in [0.15, 0.2) is 127 Å². The number of methoxy groups -OCH3 is 2. The summed E-state index contributed by atoms with van der Waals surface area (Å²) in [7, 11) is 3.21. The van der Waals surface area contributed by atoms with Gasteiger partial charge < -0.3 is 91.9 Å². The first-order valence-corrected chi connectivity index (χ1v) is 45.7. The summed E-state index contributed by atoms with van der Waals surface area (Å²) in [5, 5.41) is 21.9. The van der Waals surface area contributed by atoms with Crippen molar-refractivity contribution >= 4 is 108 Å². The SMILES string of the molecule is CCn1c(-c2nonc2N)nc2cncc(OCCCCNCCOCCOCCN)c21.COc1cc(OC)cc(-c2cc3cnc(CCCCN4CCN(CCCN)CC4)nc3nc2NC(=O)NC(C)(C)C)c1.Cc1[nH]c(/C=C2\C(=O)Cc3ccc(F)cc32)c(C)c1C(=O)CCCCCCCN.NCCCn1cc(C2=C(c3c[nH]c4ccccc34)C(=O)NC2=O)c2ccccc21. The fraction of sp³-hybridized carbons (Fsp3) is 0.429. The van der Waals surface area contributed by atoms with Crippen molar-refractivity contribution < 1.29 is 56.7 Å². The molecule has 702 valence electrons. The van der Waals surface area contributed by atoms with Crippen molar-refractivity contribution in [3.63, 3.8) is 0 Å². The van der Waals surface area contributed by atoms with Crippen molar-refractivity contribution in [2.75, 3.05) is 137 Å². The maximum absolute atomic E-state index is 13.7. The van der Waals surface area contributed by atoms with Crippen LogP contribution in [0.25, 0.3) is 89.3 Å². The molecule has 1 aliphatic carbocycles. The number of nitrogens with one attached hydrogen (secondary N) is 6. The van der Waals surface area contributed by atoms with E-state index in [0.717, 1.165) is 227 Å². The number of ether oxygens (including phenoxy) is 5. The Hall–Kier alpha value is -12.5. The van der Waals surface area contributed by atoms with Crippen molar-refractivity contribution in [3.05, 3.63) is 178 Å². The lowest BCUT2D eigenvalue weighted by molar-refractivity contribution is -0.123. The normalized spacial score (nSPS) is 13.8. The fourth-order valence-corrected chi connectivity index (χ4v) is 16.5. The van der Waals surface area contributed by atoms with Gasteiger partial charge in [0.15, 0.2) is 40.3 Å². The highest BCUT2D eigenvalue weighted by molar-refractivity contribution is 6.51. The van der Waals surface area contributed by atoms with E-state index < -0.39 is 5.54 Å². The minimum absolute atomic E-state index is 0.0254. The second-order valence-electron chi connectivity index (χ2n) is 33.8. The minimum atomic E-state index is -0.409. The number of aromatic amines is 2. The molecule has 0 saturated carbocycles. The monoisotopic (exact) mass is 1810 g/mol. The molecule has 0 unspecified atom stereocenters. The first-order chi connectivity index (χ1) is 64.0. The molecule has 16 N–H and O–H groups in total. The Morgan fingerprint density at radius 2 is 1.37 bits per heavy atom. The number of nitrogens with two attached hydrogens (primary N) is 5. The molecule has 2 aliphatic heterocycles. The number of carbonyl (C=O) groups is 5. The third kappa shape index (κ3) is 26.0. The molecule has 1 fully saturated rings. The van der Waals surface area contributed by atoms with Gasteiger partial charge in [-0.05, 0) is 213 Å². The number of unbranched alkanes of at least 4 members (excludes halogenated alkanes) is 6. The quantitative estimate of drug-likeness (QED) is 0.00732. The smallest absolute Gasteiger partial charge is 0.320 e. The van der Waals surface area contributed by atoms with Gasteiger partial charge in [-0.15, -0.1) is 0 Å². The molecule has 12 aromatic rings. The number of aromatic nitrogens is 11. The number of rotatable bonds is 42. The van der Waals surface area contributed by atoms with Gasteiger partial charge in [0, 0.05) is 168 Å². The van der Waals surface area contributed by atoms with Crippen LogP contribution in [-0.2, 0) is 49.8 Å². The van der Waals surface area contributed by atoms with Crippen LogP contribution in [0.2, 0.25) is 0 Å². The molecule has 8 aromatic heterocycles. The van der Waals surface area contributed by atoms with Gasteiger partial charge in [-0.2, -0.15) is 0 Å². The Balaban J connectivity index is 0.000000161. The number of hydrogen-bond donors (Lipinski definition) is 11. The van der Waals surface area contributed by atoms with Crippen molar-refractivity contribution in [3.8, 4) is 39.9 Å². The molecule has 132 heavy (non-hydrogen) atoms. The van der Waals surface area contributed by atoms with Gasteiger partial charge in [0.05, 0.1) is 70.8 Å². The predicted octanol–water partition coefficient (Wildman–Crippen LogP) is 12.7. The Kier molecular flexibility index (Phi) is 36.3. The van der Waals surface area contributed by atoms with Crippen LogP contribution in [0.3, 0.4) is 0 Å². The Labute approximate surface area is 768 Å². The van der Waals surface area contributed by atoms with Crippen LogP contribution in [0, 0.1) is 19.7 Å². The van der Waals surface area contributed by atoms with Gasteiger partial charge in [0.25, 0.3) is 11.8 Å². The number of piperazine rings is 1. The van der Waals surface area contributed by atoms with Crippen LogP contribution < -0.4 is 64.1 Å². The maximum atomic E-state index is 13.7. The number of anilines is 2. The van der Waals surface area contributed by atoms with Crippen LogP contribution in [0.5, 0.6) is 17.2 Å². The molecule has 1 saturated heterocycles. The van der Waals surface area contributed by atoms with E-state index >= 15 is 0 Å². The molecule has 33 nitrogen and oxygen atoms in total. The van der Waals surface area contributed by atoms with Crippen LogP contribution in [-0.4, -0.2) is 225 Å². The largest absolute Gasteiger partial charge is 0.497 e. The number of H-pyrrole nitrogens is 2. The molecule has 15 rings (SSSR count). The zero-order chi connectivity index (χ0) is 93.6. The summed E-state index contributed by atoms with van der Waals surface area (Å²) in [6, 6.07) is 27.3. The molecule has 0 spiro atoms. The van der Waals surface area contributed by atoms with E-state index in [1.807, 2.05) is 125 Å². The number of nitrogen functional groups attached to an aromatic ring is 1. The van der Waals surface area contributed by atoms with E-state index in [1.165, 1.54) is 12.1 Å². The molecule has 4 aromatic carbocycles. The van der Waals surface area contributed by atoms with E-state index in [-0.39, 0.29) is 47.5 Å². The zero-order valence-electron chi connectivity index (χ0n) is 77.1. The van der Waals surface area contributed by atoms with Crippen LogP contribution >= 0.6 is 0 Å². The molecule has 3 aliphatic rings. The number of benzene rings is 4. The minimum Gasteiger partial charge on any atom is -0.497 e. The first-order valence-electron chi connectivity index (χ1n) is 45.7. The van der Waals surface area contributed by atoms with E-state index in [9.17, 15) is 28.4 Å². The lowest BCUT2D eigenvalue weighted by atomic mass is 9.95. The average molecular weight is 1810 g/mol. The highest BCUT2D eigenvalue weighted by Gasteiger charge is 2.36. The number of carbonyl (C=O) groups excluding carboxylic acids is 5. The van der Waals surface area contributed by atoms with Crippen LogP contribution in [0.4, 0.5) is 20.8 Å². The summed E-state index contributed by atoms with van der Waals surface area (Å²) in [6.45, 7) is 26.9. The van der Waals surface area contributed by atoms with Gasteiger partial charge in [0.2, 0.25) is 0 Å². The number of imide groups is 1. The lowest BCUT2D eigenvalue weighted by Crippen LogP contribution is -2.46. The predicted molar refractivity (Wildman–Crippen MR) is 515 cm³/mol. The number of ketones is 2. The summed E-state index contributed by atoms with van der Waals surface area (Å²) < 4.78 is 50.2. The number of imidazole rings is 1. The summed E-state index contributed by atoms with van der Waals surface area (Å²) >= 11 is 0. The molecular formula is C98H127FN22O11. The number of para-hydroxylation sites is 2. The van der Waals surface area contributed by atoms with Gasteiger partial charge >= 0.3 is 6.03 Å². The number of halogens is 1. The molecule has 34 heteroatoms. The molecule has 0 bridgehead atoms. The molecule has 0 radical (unpaired) electrons. The molecular weight excluding hydrogens is 1680 g/mol. The van der Waals surface area contributed by atoms with Crippen molar-refractivity contribution in [2.24, 2.45) is 22.9 Å².